The van der Waals surface area contributed by atoms with Gasteiger partial charge >= 0.3 is 0 Å². The number of nitrogens with zero attached hydrogens (tertiary/aromatic N) is 4. The molecule has 8 nitrogen and oxygen atoms in total. The van der Waals surface area contributed by atoms with E-state index in [1.165, 1.54) is 6.07 Å². The van der Waals surface area contributed by atoms with E-state index < -0.39 is 0 Å². The molecule has 1 saturated carbocycles. The average molecular weight is 369 g/mol. The van der Waals surface area contributed by atoms with E-state index in [1.54, 1.807) is 36.5 Å². The molecule has 1 aliphatic rings. The number of nitriles is 1. The Balaban J connectivity index is 1.60. The normalized spacial score (nSPS) is 19.4. The molecule has 0 saturated heterocycles. The molecule has 1 N–H and O–H groups in total. The Morgan fingerprint density at radius 2 is 2.15 bits per heavy atom. The lowest BCUT2D eigenvalue weighted by molar-refractivity contribution is -0.00409. The fourth-order valence-electron chi connectivity index (χ4n) is 3.16. The van der Waals surface area contributed by atoms with Gasteiger partial charge in [-0.2, -0.15) is 5.26 Å². The van der Waals surface area contributed by atoms with Gasteiger partial charge in [0.25, 0.3) is 5.91 Å². The zero-order chi connectivity index (χ0) is 19.1. The van der Waals surface area contributed by atoms with Crippen molar-refractivity contribution in [3.63, 3.8) is 0 Å². The van der Waals surface area contributed by atoms with Crippen molar-refractivity contribution in [1.29, 1.82) is 5.26 Å². The first kappa shape index (κ1) is 19.0. The first-order valence-corrected chi connectivity index (χ1v) is 9.01. The molecule has 0 atom stereocenters. The lowest BCUT2D eigenvalue weighted by Crippen LogP contribution is -2.39. The highest BCUT2D eigenvalue weighted by Gasteiger charge is 2.24. The minimum absolute atomic E-state index is 0.0870. The predicted molar refractivity (Wildman–Crippen MR) is 97.4 cm³/mol. The fourth-order valence-corrected chi connectivity index (χ4v) is 3.16. The summed E-state index contributed by atoms with van der Waals surface area (Å²) in [5.74, 6) is 0.226. The number of rotatable bonds is 7. The monoisotopic (exact) mass is 369 g/mol. The lowest BCUT2D eigenvalue weighted by Gasteiger charge is -2.29. The van der Waals surface area contributed by atoms with Gasteiger partial charge in [0.1, 0.15) is 17.8 Å². The number of hydrogen-bond acceptors (Lipinski definition) is 6. The first-order valence-electron chi connectivity index (χ1n) is 9.01. The van der Waals surface area contributed by atoms with E-state index in [-0.39, 0.29) is 23.7 Å². The average Bonchev–Trinajstić information content (AvgIpc) is 3.24. The Kier molecular flexibility index (Phi) is 6.52. The fraction of sp³-hybridized carbons (Fsp3) is 0.474. The van der Waals surface area contributed by atoms with Crippen LogP contribution < -0.4 is 5.32 Å². The number of amides is 1. The van der Waals surface area contributed by atoms with Crippen molar-refractivity contribution in [2.75, 3.05) is 20.3 Å². The molecule has 8 heteroatoms. The summed E-state index contributed by atoms with van der Waals surface area (Å²) in [5, 5.41) is 12.3. The SMILES string of the molecule is COCCO[C@H]1CC[C@H](NC(=O)c2cc(C#N)cc(-n3ccnc3)n2)CC1. The van der Waals surface area contributed by atoms with Crippen LogP contribution in [0, 0.1) is 11.3 Å². The van der Waals surface area contributed by atoms with Gasteiger partial charge in [0.15, 0.2) is 0 Å². The van der Waals surface area contributed by atoms with Gasteiger partial charge < -0.3 is 14.8 Å². The van der Waals surface area contributed by atoms with Crippen LogP contribution in [0.5, 0.6) is 0 Å². The summed E-state index contributed by atoms with van der Waals surface area (Å²) >= 11 is 0. The van der Waals surface area contributed by atoms with Gasteiger partial charge in [-0.3, -0.25) is 9.36 Å². The van der Waals surface area contributed by atoms with Gasteiger partial charge in [-0.05, 0) is 37.8 Å². The number of imidazole rings is 1. The highest BCUT2D eigenvalue weighted by atomic mass is 16.5. The Morgan fingerprint density at radius 3 is 2.81 bits per heavy atom. The van der Waals surface area contributed by atoms with Gasteiger partial charge in [0.05, 0.1) is 31.0 Å². The Morgan fingerprint density at radius 1 is 1.33 bits per heavy atom. The van der Waals surface area contributed by atoms with Crippen molar-refractivity contribution in [3.05, 3.63) is 42.1 Å². The number of aromatic nitrogens is 3. The number of carbonyl (C=O) groups is 1. The van der Waals surface area contributed by atoms with E-state index >= 15 is 0 Å². The molecule has 2 heterocycles. The third-order valence-corrected chi connectivity index (χ3v) is 4.59. The lowest BCUT2D eigenvalue weighted by atomic mass is 9.93. The second kappa shape index (κ2) is 9.26. The number of nitrogens with one attached hydrogen (secondary N) is 1. The topological polar surface area (TPSA) is 102 Å². The quantitative estimate of drug-likeness (QED) is 0.747. The highest BCUT2D eigenvalue weighted by Crippen LogP contribution is 2.21. The van der Waals surface area contributed by atoms with Crippen molar-refractivity contribution in [2.45, 2.75) is 37.8 Å². The predicted octanol–water partition coefficient (Wildman–Crippen LogP) is 1.84. The molecule has 1 fully saturated rings. The summed E-state index contributed by atoms with van der Waals surface area (Å²) in [4.78, 5) is 21.0. The Bertz CT molecular complexity index is 792. The minimum Gasteiger partial charge on any atom is -0.382 e. The van der Waals surface area contributed by atoms with Crippen molar-refractivity contribution in [2.24, 2.45) is 0 Å². The smallest absolute Gasteiger partial charge is 0.270 e. The van der Waals surface area contributed by atoms with E-state index in [4.69, 9.17) is 9.47 Å². The van der Waals surface area contributed by atoms with E-state index in [0.29, 0.717) is 24.6 Å². The zero-order valence-electron chi connectivity index (χ0n) is 15.3. The molecule has 2 aromatic heterocycles. The molecule has 0 radical (unpaired) electrons. The van der Waals surface area contributed by atoms with Gasteiger partial charge in [-0.1, -0.05) is 0 Å². The zero-order valence-corrected chi connectivity index (χ0v) is 15.3. The minimum atomic E-state index is -0.266. The third-order valence-electron chi connectivity index (χ3n) is 4.59. The van der Waals surface area contributed by atoms with E-state index in [0.717, 1.165) is 25.7 Å². The van der Waals surface area contributed by atoms with Gasteiger partial charge in [-0.25, -0.2) is 9.97 Å². The summed E-state index contributed by atoms with van der Waals surface area (Å²) < 4.78 is 12.4. The van der Waals surface area contributed by atoms with E-state index in [9.17, 15) is 10.1 Å². The summed E-state index contributed by atoms with van der Waals surface area (Å²) in [7, 11) is 1.66. The van der Waals surface area contributed by atoms with Crippen molar-refractivity contribution in [1.82, 2.24) is 19.9 Å². The second-order valence-electron chi connectivity index (χ2n) is 6.49. The van der Waals surface area contributed by atoms with Crippen LogP contribution >= 0.6 is 0 Å². The number of hydrogen-bond donors (Lipinski definition) is 1. The van der Waals surface area contributed by atoms with Crippen LogP contribution in [0.4, 0.5) is 0 Å². The summed E-state index contributed by atoms with van der Waals surface area (Å²) in [5.41, 5.74) is 0.616. The van der Waals surface area contributed by atoms with Crippen LogP contribution in [0.1, 0.15) is 41.7 Å². The van der Waals surface area contributed by atoms with Crippen LogP contribution in [-0.2, 0) is 9.47 Å². The molecule has 3 rings (SSSR count). The molecule has 1 amide bonds. The molecular formula is C19H23N5O3. The van der Waals surface area contributed by atoms with Crippen LogP contribution in [0.2, 0.25) is 0 Å². The van der Waals surface area contributed by atoms with Gasteiger partial charge in [0, 0.05) is 25.5 Å². The van der Waals surface area contributed by atoms with Crippen LogP contribution in [-0.4, -0.2) is 52.9 Å². The molecule has 2 aromatic rings. The first-order chi connectivity index (χ1) is 13.2. The Hall–Kier alpha value is -2.76. The van der Waals surface area contributed by atoms with Crippen molar-refractivity contribution < 1.29 is 14.3 Å². The molecule has 142 valence electrons. The van der Waals surface area contributed by atoms with Crippen molar-refractivity contribution >= 4 is 5.91 Å². The molecule has 0 unspecified atom stereocenters. The molecular weight excluding hydrogens is 346 g/mol. The highest BCUT2D eigenvalue weighted by molar-refractivity contribution is 5.93. The number of methoxy groups -OCH3 is 1. The molecule has 0 aliphatic heterocycles. The number of ether oxygens (including phenoxy) is 2. The van der Waals surface area contributed by atoms with Crippen LogP contribution in [0.3, 0.4) is 0 Å². The number of carbonyl (C=O) groups excluding carboxylic acids is 1. The van der Waals surface area contributed by atoms with Crippen molar-refractivity contribution in [3.8, 4) is 11.9 Å². The number of pyridine rings is 1. The summed E-state index contributed by atoms with van der Waals surface area (Å²) in [6, 6.07) is 5.30. The van der Waals surface area contributed by atoms with Crippen LogP contribution in [0.25, 0.3) is 5.82 Å². The maximum atomic E-state index is 12.6. The maximum Gasteiger partial charge on any atom is 0.270 e. The summed E-state index contributed by atoms with van der Waals surface area (Å²) in [6.07, 6.45) is 8.66. The third kappa shape index (κ3) is 5.12. The standard InChI is InChI=1S/C19H23N5O3/c1-26-8-9-27-16-4-2-15(3-5-16)22-19(25)17-10-14(12-20)11-18(23-17)24-7-6-21-13-24/h6-7,10-11,13,15-16H,2-5,8-9H2,1H3,(H,22,25)/t15-,16-. The molecule has 0 bridgehead atoms. The van der Waals surface area contributed by atoms with Gasteiger partial charge in [0.2, 0.25) is 0 Å². The Labute approximate surface area is 158 Å². The molecule has 27 heavy (non-hydrogen) atoms. The van der Waals surface area contributed by atoms with E-state index in [1.807, 2.05) is 0 Å². The van der Waals surface area contributed by atoms with Crippen LogP contribution in [0.15, 0.2) is 30.9 Å². The largest absolute Gasteiger partial charge is 0.382 e. The second-order valence-corrected chi connectivity index (χ2v) is 6.49. The van der Waals surface area contributed by atoms with Gasteiger partial charge in [-0.15, -0.1) is 0 Å². The molecule has 1 aliphatic carbocycles. The molecule has 0 aromatic carbocycles. The van der Waals surface area contributed by atoms with E-state index in [2.05, 4.69) is 21.4 Å². The summed E-state index contributed by atoms with van der Waals surface area (Å²) in [6.45, 7) is 1.19. The maximum absolute atomic E-state index is 12.6. The molecule has 0 spiro atoms.